The fraction of sp³-hybridized carbons (Fsp3) is 0.296. The average molecular weight is 415 g/mol. The zero-order chi connectivity index (χ0) is 22.0. The maximum atomic E-state index is 11.1. The van der Waals surface area contributed by atoms with Crippen LogP contribution in [0.3, 0.4) is 0 Å². The van der Waals surface area contributed by atoms with Crippen LogP contribution in [0.5, 0.6) is 5.75 Å². The minimum absolute atomic E-state index is 0.606. The van der Waals surface area contributed by atoms with Crippen molar-refractivity contribution in [2.75, 3.05) is 6.61 Å². The molecule has 0 fully saturated rings. The molecule has 0 saturated carbocycles. The molecular formula is C27H30N2O2. The van der Waals surface area contributed by atoms with Gasteiger partial charge in [-0.1, -0.05) is 48.0 Å². The average Bonchev–Trinajstić information content (AvgIpc) is 3.10. The Labute approximate surface area is 184 Å². The van der Waals surface area contributed by atoms with E-state index in [0.717, 1.165) is 40.9 Å². The monoisotopic (exact) mass is 414 g/mol. The van der Waals surface area contributed by atoms with Crippen LogP contribution in [0.4, 0.5) is 0 Å². The van der Waals surface area contributed by atoms with Gasteiger partial charge in [-0.2, -0.15) is 0 Å². The number of benzene rings is 3. The molecule has 4 heteroatoms. The molecule has 31 heavy (non-hydrogen) atoms. The minimum Gasteiger partial charge on any atom is -0.493 e. The van der Waals surface area contributed by atoms with Gasteiger partial charge in [0.25, 0.3) is 0 Å². The zero-order valence-electron chi connectivity index (χ0n) is 18.7. The molecule has 0 saturated heterocycles. The second-order valence-electron chi connectivity index (χ2n) is 8.33. The van der Waals surface area contributed by atoms with Gasteiger partial charge in [0.1, 0.15) is 17.7 Å². The molecule has 1 aromatic heterocycles. The Morgan fingerprint density at radius 3 is 2.39 bits per heavy atom. The molecule has 0 aliphatic rings. The molecule has 1 N–H and O–H groups in total. The van der Waals surface area contributed by atoms with Gasteiger partial charge >= 0.3 is 0 Å². The van der Waals surface area contributed by atoms with Crippen LogP contribution < -0.4 is 4.74 Å². The third-order valence-corrected chi connectivity index (χ3v) is 5.87. The topological polar surface area (TPSA) is 47.3 Å². The van der Waals surface area contributed by atoms with E-state index in [4.69, 9.17) is 9.72 Å². The van der Waals surface area contributed by atoms with Gasteiger partial charge in [0, 0.05) is 6.54 Å². The lowest BCUT2D eigenvalue weighted by molar-refractivity contribution is 0.203. The molecule has 1 atom stereocenters. The number of aromatic nitrogens is 2. The third kappa shape index (κ3) is 4.49. The molecule has 160 valence electrons. The van der Waals surface area contributed by atoms with E-state index < -0.39 is 6.10 Å². The molecule has 4 aromatic rings. The fourth-order valence-corrected chi connectivity index (χ4v) is 3.99. The van der Waals surface area contributed by atoms with E-state index in [9.17, 15) is 5.11 Å². The summed E-state index contributed by atoms with van der Waals surface area (Å²) in [6, 6.07) is 20.2. The van der Waals surface area contributed by atoms with Crippen LogP contribution in [-0.2, 0) is 6.54 Å². The third-order valence-electron chi connectivity index (χ3n) is 5.87. The van der Waals surface area contributed by atoms with E-state index in [-0.39, 0.29) is 0 Å². The molecule has 0 radical (unpaired) electrons. The first-order chi connectivity index (χ1) is 14.9. The number of aliphatic hydroxyl groups excluding tert-OH is 1. The van der Waals surface area contributed by atoms with E-state index in [2.05, 4.69) is 56.5 Å². The van der Waals surface area contributed by atoms with Crippen LogP contribution in [0, 0.1) is 27.7 Å². The summed E-state index contributed by atoms with van der Waals surface area (Å²) in [6.07, 6.45) is 0.0506. The van der Waals surface area contributed by atoms with Crippen LogP contribution in [0.15, 0.2) is 60.7 Å². The SMILES string of the molecule is Cc1ccc(OCCCn2c(C(O)c3ccccc3)nc3cc(C)c(C)cc32)c(C)c1. The van der Waals surface area contributed by atoms with Crippen molar-refractivity contribution in [1.82, 2.24) is 9.55 Å². The van der Waals surface area contributed by atoms with E-state index in [1.807, 2.05) is 36.4 Å². The largest absolute Gasteiger partial charge is 0.493 e. The maximum Gasteiger partial charge on any atom is 0.143 e. The van der Waals surface area contributed by atoms with Crippen molar-refractivity contribution in [1.29, 1.82) is 0 Å². The van der Waals surface area contributed by atoms with Crippen LogP contribution in [0.1, 0.15) is 46.2 Å². The highest BCUT2D eigenvalue weighted by Gasteiger charge is 2.20. The molecule has 3 aromatic carbocycles. The van der Waals surface area contributed by atoms with Crippen molar-refractivity contribution in [2.45, 2.75) is 46.8 Å². The summed E-state index contributed by atoms with van der Waals surface area (Å²) in [6.45, 7) is 9.70. The van der Waals surface area contributed by atoms with Crippen molar-refractivity contribution in [3.8, 4) is 5.75 Å². The highest BCUT2D eigenvalue weighted by Crippen LogP contribution is 2.28. The van der Waals surface area contributed by atoms with Crippen molar-refractivity contribution in [3.05, 3.63) is 94.3 Å². The lowest BCUT2D eigenvalue weighted by atomic mass is 10.1. The maximum absolute atomic E-state index is 11.1. The molecule has 1 heterocycles. The van der Waals surface area contributed by atoms with E-state index >= 15 is 0 Å². The summed E-state index contributed by atoms with van der Waals surface area (Å²) in [4.78, 5) is 4.82. The number of imidazole rings is 1. The number of nitrogens with zero attached hydrogens (tertiary/aromatic N) is 2. The Balaban J connectivity index is 1.59. The van der Waals surface area contributed by atoms with Gasteiger partial charge in [-0.05, 0) is 74.6 Å². The predicted molar refractivity (Wildman–Crippen MR) is 126 cm³/mol. The number of fused-ring (bicyclic) bond motifs is 1. The number of hydrogen-bond acceptors (Lipinski definition) is 3. The number of rotatable bonds is 7. The quantitative estimate of drug-likeness (QED) is 0.388. The Morgan fingerprint density at radius 2 is 1.65 bits per heavy atom. The summed E-state index contributed by atoms with van der Waals surface area (Å²) in [5, 5.41) is 11.1. The van der Waals surface area contributed by atoms with Crippen LogP contribution in [-0.4, -0.2) is 21.3 Å². The lowest BCUT2D eigenvalue weighted by Crippen LogP contribution is -2.12. The highest BCUT2D eigenvalue weighted by molar-refractivity contribution is 5.78. The van der Waals surface area contributed by atoms with Gasteiger partial charge < -0.3 is 14.4 Å². The first-order valence-electron chi connectivity index (χ1n) is 10.8. The van der Waals surface area contributed by atoms with Crippen molar-refractivity contribution in [3.63, 3.8) is 0 Å². The Bertz CT molecular complexity index is 1200. The van der Waals surface area contributed by atoms with Gasteiger partial charge in [-0.15, -0.1) is 0 Å². The number of hydrogen-bond donors (Lipinski definition) is 1. The molecule has 0 bridgehead atoms. The second-order valence-corrected chi connectivity index (χ2v) is 8.33. The van der Waals surface area contributed by atoms with E-state index in [0.29, 0.717) is 12.4 Å². The lowest BCUT2D eigenvalue weighted by Gasteiger charge is -2.15. The summed E-state index contributed by atoms with van der Waals surface area (Å²) < 4.78 is 8.18. The normalized spacial score (nSPS) is 12.3. The molecule has 1 unspecified atom stereocenters. The van der Waals surface area contributed by atoms with E-state index in [1.165, 1.54) is 16.7 Å². The van der Waals surface area contributed by atoms with Crippen LogP contribution >= 0.6 is 0 Å². The summed E-state index contributed by atoms with van der Waals surface area (Å²) in [5.41, 5.74) is 7.64. The van der Waals surface area contributed by atoms with Gasteiger partial charge in [0.05, 0.1) is 17.6 Å². The second kappa shape index (κ2) is 8.94. The van der Waals surface area contributed by atoms with Gasteiger partial charge in [0.2, 0.25) is 0 Å². The van der Waals surface area contributed by atoms with Gasteiger partial charge in [-0.25, -0.2) is 4.98 Å². The highest BCUT2D eigenvalue weighted by atomic mass is 16.5. The summed E-state index contributed by atoms with van der Waals surface area (Å²) in [5.74, 6) is 1.61. The molecule has 0 amide bonds. The van der Waals surface area contributed by atoms with Crippen molar-refractivity contribution >= 4 is 11.0 Å². The molecule has 4 nitrogen and oxygen atoms in total. The summed E-state index contributed by atoms with van der Waals surface area (Å²) in [7, 11) is 0. The van der Waals surface area contributed by atoms with Crippen molar-refractivity contribution < 1.29 is 9.84 Å². The predicted octanol–water partition coefficient (Wildman–Crippen LogP) is 5.82. The fourth-order valence-electron chi connectivity index (χ4n) is 3.99. The Hall–Kier alpha value is -3.11. The molecular weight excluding hydrogens is 384 g/mol. The molecule has 0 aliphatic carbocycles. The molecule has 0 aliphatic heterocycles. The minimum atomic E-state index is -0.769. The number of aryl methyl sites for hydroxylation is 5. The first kappa shape index (κ1) is 21.1. The molecule has 4 rings (SSSR count). The van der Waals surface area contributed by atoms with Crippen molar-refractivity contribution in [2.24, 2.45) is 0 Å². The summed E-state index contributed by atoms with van der Waals surface area (Å²) >= 11 is 0. The van der Waals surface area contributed by atoms with Crippen LogP contribution in [0.2, 0.25) is 0 Å². The van der Waals surface area contributed by atoms with Gasteiger partial charge in [-0.3, -0.25) is 0 Å². The standard InChI is InChI=1S/C27H30N2O2/c1-18-11-12-25(21(4)15-18)31-14-8-13-29-24-17-20(3)19(2)16-23(24)28-27(29)26(30)22-9-6-5-7-10-22/h5-7,9-12,15-17,26,30H,8,13-14H2,1-4H3. The number of aliphatic hydroxyl groups is 1. The molecule has 0 spiro atoms. The van der Waals surface area contributed by atoms with Crippen LogP contribution in [0.25, 0.3) is 11.0 Å². The number of ether oxygens (including phenoxy) is 1. The smallest absolute Gasteiger partial charge is 0.143 e. The Morgan fingerprint density at radius 1 is 0.903 bits per heavy atom. The van der Waals surface area contributed by atoms with E-state index in [1.54, 1.807) is 0 Å². The first-order valence-corrected chi connectivity index (χ1v) is 10.8. The zero-order valence-corrected chi connectivity index (χ0v) is 18.7. The van der Waals surface area contributed by atoms with Gasteiger partial charge in [0.15, 0.2) is 0 Å². The Kier molecular flexibility index (Phi) is 6.10.